The van der Waals surface area contributed by atoms with Gasteiger partial charge in [-0.05, 0) is 65.2 Å². The third-order valence-electron chi connectivity index (χ3n) is 2.99. The standard InChI is InChI=1S/C16H26BrN/c1-11(2)8-14(9-12(3)4)18-16-10-13(5)6-7-15(16)17/h6-7,10-12,14,18H,8-9H2,1-5H3. The number of nitrogens with one attached hydrogen (secondary N) is 1. The molecular formula is C16H26BrN. The Morgan fingerprint density at radius 1 is 1.06 bits per heavy atom. The van der Waals surface area contributed by atoms with Crippen molar-refractivity contribution in [3.05, 3.63) is 28.2 Å². The molecule has 0 spiro atoms. The van der Waals surface area contributed by atoms with Gasteiger partial charge in [0.1, 0.15) is 0 Å². The number of aryl methyl sites for hydroxylation is 1. The lowest BCUT2D eigenvalue weighted by Crippen LogP contribution is -2.23. The fourth-order valence-electron chi connectivity index (χ4n) is 2.32. The highest BCUT2D eigenvalue weighted by atomic mass is 79.9. The highest BCUT2D eigenvalue weighted by molar-refractivity contribution is 9.10. The molecule has 0 bridgehead atoms. The number of anilines is 1. The molecule has 1 rings (SSSR count). The van der Waals surface area contributed by atoms with E-state index < -0.39 is 0 Å². The van der Waals surface area contributed by atoms with Crippen LogP contribution in [0.4, 0.5) is 5.69 Å². The van der Waals surface area contributed by atoms with Gasteiger partial charge in [0.15, 0.2) is 0 Å². The van der Waals surface area contributed by atoms with Crippen molar-refractivity contribution in [2.45, 2.75) is 53.5 Å². The first-order chi connectivity index (χ1) is 8.38. The predicted octanol–water partition coefficient (Wildman–Crippen LogP) is 5.63. The largest absolute Gasteiger partial charge is 0.381 e. The van der Waals surface area contributed by atoms with Gasteiger partial charge in [-0.1, -0.05) is 33.8 Å². The number of rotatable bonds is 6. The van der Waals surface area contributed by atoms with Crippen LogP contribution in [0.2, 0.25) is 0 Å². The molecule has 2 heteroatoms. The van der Waals surface area contributed by atoms with E-state index in [9.17, 15) is 0 Å². The molecule has 1 aromatic rings. The van der Waals surface area contributed by atoms with Gasteiger partial charge in [0.05, 0.1) is 0 Å². The summed E-state index contributed by atoms with van der Waals surface area (Å²) >= 11 is 3.63. The van der Waals surface area contributed by atoms with Crippen molar-refractivity contribution < 1.29 is 0 Å². The van der Waals surface area contributed by atoms with E-state index in [1.807, 2.05) is 0 Å². The summed E-state index contributed by atoms with van der Waals surface area (Å²) in [5.41, 5.74) is 2.52. The van der Waals surface area contributed by atoms with Crippen LogP contribution in [0, 0.1) is 18.8 Å². The van der Waals surface area contributed by atoms with Crippen molar-refractivity contribution >= 4 is 21.6 Å². The topological polar surface area (TPSA) is 12.0 Å². The van der Waals surface area contributed by atoms with Crippen LogP contribution in [0.1, 0.15) is 46.1 Å². The second-order valence-corrected chi connectivity index (χ2v) is 6.94. The minimum absolute atomic E-state index is 0.558. The van der Waals surface area contributed by atoms with Crippen molar-refractivity contribution in [2.24, 2.45) is 11.8 Å². The molecule has 0 saturated carbocycles. The average Bonchev–Trinajstić information content (AvgIpc) is 2.21. The van der Waals surface area contributed by atoms with Crippen LogP contribution in [-0.2, 0) is 0 Å². The molecule has 0 atom stereocenters. The van der Waals surface area contributed by atoms with Gasteiger partial charge in [-0.15, -0.1) is 0 Å². The van der Waals surface area contributed by atoms with Crippen LogP contribution < -0.4 is 5.32 Å². The molecule has 0 aliphatic heterocycles. The molecule has 1 aromatic carbocycles. The Morgan fingerprint density at radius 3 is 2.11 bits per heavy atom. The highest BCUT2D eigenvalue weighted by Crippen LogP contribution is 2.26. The molecule has 0 aromatic heterocycles. The lowest BCUT2D eigenvalue weighted by Gasteiger charge is -2.24. The molecule has 1 nitrogen and oxygen atoms in total. The van der Waals surface area contributed by atoms with Crippen LogP contribution in [0.25, 0.3) is 0 Å². The molecule has 0 unspecified atom stereocenters. The monoisotopic (exact) mass is 311 g/mol. The molecule has 0 radical (unpaired) electrons. The van der Waals surface area contributed by atoms with Crippen LogP contribution in [0.15, 0.2) is 22.7 Å². The first-order valence-corrected chi connectivity index (χ1v) is 7.70. The Labute approximate surface area is 120 Å². The van der Waals surface area contributed by atoms with E-state index in [2.05, 4.69) is 74.1 Å². The van der Waals surface area contributed by atoms with E-state index in [1.54, 1.807) is 0 Å². The fraction of sp³-hybridized carbons (Fsp3) is 0.625. The van der Waals surface area contributed by atoms with Gasteiger partial charge < -0.3 is 5.32 Å². The summed E-state index contributed by atoms with van der Waals surface area (Å²) in [6, 6.07) is 7.04. The molecule has 0 fully saturated rings. The summed E-state index contributed by atoms with van der Waals surface area (Å²) in [5, 5.41) is 3.70. The van der Waals surface area contributed by atoms with E-state index in [4.69, 9.17) is 0 Å². The van der Waals surface area contributed by atoms with Gasteiger partial charge in [-0.3, -0.25) is 0 Å². The van der Waals surface area contributed by atoms with Gasteiger partial charge in [-0.25, -0.2) is 0 Å². The molecule has 0 heterocycles. The molecule has 0 aliphatic rings. The van der Waals surface area contributed by atoms with E-state index >= 15 is 0 Å². The van der Waals surface area contributed by atoms with Crippen molar-refractivity contribution in [1.29, 1.82) is 0 Å². The minimum Gasteiger partial charge on any atom is -0.381 e. The van der Waals surface area contributed by atoms with Crippen molar-refractivity contribution in [1.82, 2.24) is 0 Å². The zero-order valence-electron chi connectivity index (χ0n) is 12.3. The smallest absolute Gasteiger partial charge is 0.0489 e. The number of hydrogen-bond donors (Lipinski definition) is 1. The highest BCUT2D eigenvalue weighted by Gasteiger charge is 2.14. The first kappa shape index (κ1) is 15.6. The maximum atomic E-state index is 3.70. The minimum atomic E-state index is 0.558. The second kappa shape index (κ2) is 7.18. The Bertz CT molecular complexity index is 361. The molecule has 0 saturated heterocycles. The summed E-state index contributed by atoms with van der Waals surface area (Å²) in [4.78, 5) is 0. The predicted molar refractivity (Wildman–Crippen MR) is 85.2 cm³/mol. The quantitative estimate of drug-likeness (QED) is 0.718. The van der Waals surface area contributed by atoms with Gasteiger partial charge >= 0.3 is 0 Å². The van der Waals surface area contributed by atoms with E-state index in [1.165, 1.54) is 24.1 Å². The molecule has 0 amide bonds. The average molecular weight is 312 g/mol. The molecule has 0 aliphatic carbocycles. The summed E-state index contributed by atoms with van der Waals surface area (Å²) in [6.45, 7) is 11.3. The zero-order valence-corrected chi connectivity index (χ0v) is 13.8. The summed E-state index contributed by atoms with van der Waals surface area (Å²) in [6.07, 6.45) is 2.44. The van der Waals surface area contributed by atoms with Crippen LogP contribution in [-0.4, -0.2) is 6.04 Å². The number of halogens is 1. The Balaban J connectivity index is 2.77. The third kappa shape index (κ3) is 5.43. The van der Waals surface area contributed by atoms with Gasteiger partial charge in [0.25, 0.3) is 0 Å². The Kier molecular flexibility index (Phi) is 6.20. The Hall–Kier alpha value is -0.500. The maximum absolute atomic E-state index is 3.70. The van der Waals surface area contributed by atoms with Gasteiger partial charge in [0.2, 0.25) is 0 Å². The van der Waals surface area contributed by atoms with Gasteiger partial charge in [-0.2, -0.15) is 0 Å². The van der Waals surface area contributed by atoms with Crippen LogP contribution >= 0.6 is 15.9 Å². The van der Waals surface area contributed by atoms with Crippen molar-refractivity contribution in [2.75, 3.05) is 5.32 Å². The molecular weight excluding hydrogens is 286 g/mol. The fourth-order valence-corrected chi connectivity index (χ4v) is 2.68. The lowest BCUT2D eigenvalue weighted by atomic mass is 9.95. The molecule has 18 heavy (non-hydrogen) atoms. The van der Waals surface area contributed by atoms with Crippen molar-refractivity contribution in [3.63, 3.8) is 0 Å². The summed E-state index contributed by atoms with van der Waals surface area (Å²) in [5.74, 6) is 1.45. The first-order valence-electron chi connectivity index (χ1n) is 6.91. The maximum Gasteiger partial charge on any atom is 0.0489 e. The molecule has 102 valence electrons. The summed E-state index contributed by atoms with van der Waals surface area (Å²) in [7, 11) is 0. The number of benzene rings is 1. The van der Waals surface area contributed by atoms with Crippen molar-refractivity contribution in [3.8, 4) is 0 Å². The van der Waals surface area contributed by atoms with Crippen LogP contribution in [0.3, 0.4) is 0 Å². The SMILES string of the molecule is Cc1ccc(Br)c(NC(CC(C)C)CC(C)C)c1. The lowest BCUT2D eigenvalue weighted by molar-refractivity contribution is 0.442. The summed E-state index contributed by atoms with van der Waals surface area (Å²) < 4.78 is 1.16. The normalized spacial score (nSPS) is 11.6. The third-order valence-corrected chi connectivity index (χ3v) is 3.68. The van der Waals surface area contributed by atoms with Gasteiger partial charge in [0, 0.05) is 16.2 Å². The Morgan fingerprint density at radius 2 is 1.61 bits per heavy atom. The van der Waals surface area contributed by atoms with E-state index in [-0.39, 0.29) is 0 Å². The number of hydrogen-bond acceptors (Lipinski definition) is 1. The van der Waals surface area contributed by atoms with E-state index in [0.717, 1.165) is 16.3 Å². The zero-order chi connectivity index (χ0) is 13.7. The second-order valence-electron chi connectivity index (χ2n) is 6.08. The molecule has 1 N–H and O–H groups in total. The van der Waals surface area contributed by atoms with Crippen LogP contribution in [0.5, 0.6) is 0 Å². The van der Waals surface area contributed by atoms with E-state index in [0.29, 0.717) is 6.04 Å².